The summed E-state index contributed by atoms with van der Waals surface area (Å²) in [4.78, 5) is 4.59. The van der Waals surface area contributed by atoms with Crippen molar-refractivity contribution in [2.24, 2.45) is 4.99 Å². The summed E-state index contributed by atoms with van der Waals surface area (Å²) in [5.41, 5.74) is 0.742. The Hall–Kier alpha value is -2.57. The molecule has 0 bridgehead atoms. The van der Waals surface area contributed by atoms with Gasteiger partial charge in [0, 0.05) is 17.2 Å². The number of halogens is 3. The van der Waals surface area contributed by atoms with Crippen molar-refractivity contribution < 1.29 is 31.7 Å². The van der Waals surface area contributed by atoms with Crippen molar-refractivity contribution in [1.29, 1.82) is 0 Å². The van der Waals surface area contributed by atoms with E-state index >= 15 is 0 Å². The summed E-state index contributed by atoms with van der Waals surface area (Å²) in [6.07, 6.45) is -0.0296. The molecular formula is C32H43F3NO4P. The molecule has 9 heteroatoms. The van der Waals surface area contributed by atoms with E-state index in [-0.39, 0.29) is 25.6 Å². The summed E-state index contributed by atoms with van der Waals surface area (Å²) in [5.74, 6) is 0.233. The van der Waals surface area contributed by atoms with Gasteiger partial charge in [-0.2, -0.15) is 13.2 Å². The average molecular weight is 594 g/mol. The molecule has 1 aliphatic heterocycles. The van der Waals surface area contributed by atoms with Gasteiger partial charge in [0.1, 0.15) is 17.9 Å². The number of aliphatic imine (C=N–C) groups is 1. The molecule has 0 N–H and O–H groups in total. The fourth-order valence-electron chi connectivity index (χ4n) is 4.99. The Morgan fingerprint density at radius 3 is 2.27 bits per heavy atom. The molecule has 41 heavy (non-hydrogen) atoms. The fourth-order valence-corrected chi connectivity index (χ4v) is 8.18. The summed E-state index contributed by atoms with van der Waals surface area (Å²) in [6.45, 7) is 15.3. The van der Waals surface area contributed by atoms with Crippen LogP contribution in [0, 0.1) is 6.92 Å². The van der Waals surface area contributed by atoms with E-state index in [9.17, 15) is 17.7 Å². The summed E-state index contributed by atoms with van der Waals surface area (Å²) in [6, 6.07) is 12.0. The maximum absolute atomic E-state index is 14.0. The molecule has 0 aromatic heterocycles. The number of alkyl halides is 3. The predicted octanol–water partition coefficient (Wildman–Crippen LogP) is 9.12. The first-order valence-electron chi connectivity index (χ1n) is 13.9. The molecule has 1 unspecified atom stereocenters. The molecule has 226 valence electrons. The van der Waals surface area contributed by atoms with Crippen molar-refractivity contribution in [2.75, 3.05) is 19.8 Å². The molecular weight excluding hydrogens is 550 g/mol. The molecule has 1 atom stereocenters. The van der Waals surface area contributed by atoms with E-state index in [4.69, 9.17) is 14.0 Å². The highest BCUT2D eigenvalue weighted by atomic mass is 31.2. The predicted molar refractivity (Wildman–Crippen MR) is 160 cm³/mol. The van der Waals surface area contributed by atoms with Gasteiger partial charge in [0.15, 0.2) is 5.90 Å². The summed E-state index contributed by atoms with van der Waals surface area (Å²) >= 11 is 0. The van der Waals surface area contributed by atoms with Gasteiger partial charge in [0.25, 0.3) is 0 Å². The van der Waals surface area contributed by atoms with E-state index in [0.29, 0.717) is 24.3 Å². The first kappa shape index (κ1) is 32.9. The van der Waals surface area contributed by atoms with Crippen LogP contribution < -0.4 is 4.74 Å². The Bertz CT molecular complexity index is 1300. The van der Waals surface area contributed by atoms with Crippen molar-refractivity contribution in [3.8, 4) is 5.75 Å². The molecule has 3 rings (SSSR count). The van der Waals surface area contributed by atoms with Crippen molar-refractivity contribution in [3.05, 3.63) is 70.8 Å². The first-order chi connectivity index (χ1) is 18.9. The highest BCUT2D eigenvalue weighted by Gasteiger charge is 2.49. The molecule has 0 radical (unpaired) electrons. The van der Waals surface area contributed by atoms with Crippen molar-refractivity contribution in [1.82, 2.24) is 0 Å². The van der Waals surface area contributed by atoms with Crippen LogP contribution in [0.4, 0.5) is 13.2 Å². The zero-order valence-corrected chi connectivity index (χ0v) is 26.3. The second-order valence-electron chi connectivity index (χ2n) is 12.7. The summed E-state index contributed by atoms with van der Waals surface area (Å²) < 4.78 is 73.4. The number of nitrogens with zero attached hydrogens (tertiary/aromatic N) is 1. The molecule has 0 saturated carbocycles. The molecule has 5 nitrogen and oxygen atoms in total. The highest BCUT2D eigenvalue weighted by molar-refractivity contribution is 7.62. The normalized spacial score (nSPS) is 18.5. The van der Waals surface area contributed by atoms with Crippen molar-refractivity contribution in [2.45, 2.75) is 90.3 Å². The molecule has 0 spiro atoms. The van der Waals surface area contributed by atoms with E-state index < -0.39 is 35.0 Å². The van der Waals surface area contributed by atoms with Crippen LogP contribution in [0.15, 0.2) is 53.5 Å². The third kappa shape index (κ3) is 8.26. The largest absolute Gasteiger partial charge is 0.493 e. The molecule has 2 aromatic carbocycles. The van der Waals surface area contributed by atoms with E-state index in [2.05, 4.69) is 11.1 Å². The molecule has 1 heterocycles. The van der Waals surface area contributed by atoms with Crippen molar-refractivity contribution in [3.63, 3.8) is 0 Å². The first-order valence-corrected chi connectivity index (χ1v) is 15.5. The molecule has 0 fully saturated rings. The number of benzene rings is 2. The average Bonchev–Trinajstić information content (AvgIpc) is 3.23. The third-order valence-electron chi connectivity index (χ3n) is 7.02. The Balaban J connectivity index is 1.79. The topological polar surface area (TPSA) is 57.1 Å². The lowest BCUT2D eigenvalue weighted by atomic mass is 10.0. The van der Waals surface area contributed by atoms with Gasteiger partial charge in [-0.25, -0.2) is 4.99 Å². The van der Waals surface area contributed by atoms with Crippen molar-refractivity contribution >= 4 is 19.3 Å². The zero-order chi connectivity index (χ0) is 30.7. The van der Waals surface area contributed by atoms with Gasteiger partial charge in [-0.3, -0.25) is 4.57 Å². The standard InChI is InChI=1S/C32H43F3NO4P/c1-23-11-9-12-25(19-23)13-10-18-38-28-15-14-26(20-27(28)32(33,34)35)16-17-31(21-39-24(2)36-31)22-40-41(37,29(3,4)5)30(6,7)8/h9,11-12,14-17,19-20H,10,13,18,21-22H2,1-8H3/b17-16+. The van der Waals surface area contributed by atoms with E-state index in [0.717, 1.165) is 17.2 Å². The third-order valence-corrected chi connectivity index (χ3v) is 11.0. The van der Waals surface area contributed by atoms with Gasteiger partial charge < -0.3 is 14.0 Å². The van der Waals surface area contributed by atoms with E-state index in [1.165, 1.54) is 6.07 Å². The fraction of sp³-hybridized carbons (Fsp3) is 0.531. The van der Waals surface area contributed by atoms with Crippen LogP contribution in [0.1, 0.15) is 77.1 Å². The minimum atomic E-state index is -4.59. The number of hydrogen-bond acceptors (Lipinski definition) is 5. The van der Waals surface area contributed by atoms with Gasteiger partial charge in [-0.15, -0.1) is 0 Å². The molecule has 0 saturated heterocycles. The van der Waals surface area contributed by atoms with Crippen LogP contribution in [-0.4, -0.2) is 41.6 Å². The van der Waals surface area contributed by atoms with Gasteiger partial charge in [0.2, 0.25) is 7.37 Å². The summed E-state index contributed by atoms with van der Waals surface area (Å²) in [5, 5.41) is -1.24. The lowest BCUT2D eigenvalue weighted by Gasteiger charge is -2.41. The molecule has 1 aliphatic rings. The Labute approximate surface area is 242 Å². The molecule has 0 amide bonds. The smallest absolute Gasteiger partial charge is 0.419 e. The molecule has 2 aromatic rings. The Morgan fingerprint density at radius 2 is 1.71 bits per heavy atom. The van der Waals surface area contributed by atoms with Gasteiger partial charge in [0.05, 0.1) is 18.8 Å². The quantitative estimate of drug-likeness (QED) is 0.204. The van der Waals surface area contributed by atoms with Crippen LogP contribution in [0.5, 0.6) is 5.75 Å². The van der Waals surface area contributed by atoms with Gasteiger partial charge in [-0.05, 0) is 43.0 Å². The lowest BCUT2D eigenvalue weighted by Crippen LogP contribution is -2.36. The minimum Gasteiger partial charge on any atom is -0.493 e. The van der Waals surface area contributed by atoms with Gasteiger partial charge >= 0.3 is 6.18 Å². The Morgan fingerprint density at radius 1 is 1.02 bits per heavy atom. The van der Waals surface area contributed by atoms with Crippen LogP contribution in [0.2, 0.25) is 0 Å². The van der Waals surface area contributed by atoms with Crippen LogP contribution >= 0.6 is 7.37 Å². The maximum Gasteiger partial charge on any atom is 0.419 e. The van der Waals surface area contributed by atoms with Gasteiger partial charge in [-0.1, -0.05) is 89.6 Å². The monoisotopic (exact) mass is 593 g/mol. The lowest BCUT2D eigenvalue weighted by molar-refractivity contribution is -0.139. The summed E-state index contributed by atoms with van der Waals surface area (Å²) in [7, 11) is -3.19. The number of hydrogen-bond donors (Lipinski definition) is 0. The SMILES string of the molecule is CC1=NC(/C=C/c2ccc(OCCCc3cccc(C)c3)c(C(F)(F)F)c2)(COP(=O)(C(C)(C)C)C(C)(C)C)CO1. The number of rotatable bonds is 10. The molecule has 0 aliphatic carbocycles. The van der Waals surface area contributed by atoms with E-state index in [1.807, 2.05) is 66.7 Å². The van der Waals surface area contributed by atoms with E-state index in [1.54, 1.807) is 25.1 Å². The second kappa shape index (κ2) is 12.3. The maximum atomic E-state index is 14.0. The van der Waals surface area contributed by atoms with Crippen LogP contribution in [0.3, 0.4) is 0 Å². The van der Waals surface area contributed by atoms with Crippen LogP contribution in [0.25, 0.3) is 6.08 Å². The minimum absolute atomic E-state index is 0.0269. The second-order valence-corrected chi connectivity index (χ2v) is 16.8. The Kier molecular flexibility index (Phi) is 9.92. The zero-order valence-electron chi connectivity index (χ0n) is 25.4. The number of ether oxygens (including phenoxy) is 2. The highest BCUT2D eigenvalue weighted by Crippen LogP contribution is 2.67. The number of aryl methyl sites for hydroxylation is 2. The van der Waals surface area contributed by atoms with Crippen LogP contribution in [-0.2, 0) is 26.4 Å².